The van der Waals surface area contributed by atoms with Gasteiger partial charge in [0.1, 0.15) is 17.7 Å². The molecule has 7 rings (SSSR count). The van der Waals surface area contributed by atoms with Gasteiger partial charge >= 0.3 is 0 Å². The van der Waals surface area contributed by atoms with Crippen LogP contribution in [0.25, 0.3) is 21.8 Å². The highest BCUT2D eigenvalue weighted by Gasteiger charge is 2.27. The zero-order chi connectivity index (χ0) is 31.2. The van der Waals surface area contributed by atoms with E-state index in [4.69, 9.17) is 0 Å². The molecule has 1 aliphatic rings. The summed E-state index contributed by atoms with van der Waals surface area (Å²) in [5.74, 6) is 0.968. The van der Waals surface area contributed by atoms with Crippen molar-refractivity contribution >= 4 is 21.8 Å². The molecule has 4 aromatic heterocycles. The number of likely N-dealkylation sites (N-methyl/N-ethyl adjacent to an activating group) is 2. The average molecular weight is 580 g/mol. The van der Waals surface area contributed by atoms with Crippen LogP contribution in [0, 0.1) is 13.8 Å². The summed E-state index contributed by atoms with van der Waals surface area (Å²) < 4.78 is 4.12. The molecule has 2 aromatic carbocycles. The number of aromatic amines is 1. The number of H-pyrrole nitrogens is 1. The molecule has 43 heavy (non-hydrogen) atoms. The Kier molecular flexibility index (Phi) is 13.0. The van der Waals surface area contributed by atoms with E-state index in [1.807, 2.05) is 92.8 Å². The molecule has 0 bridgehead atoms. The van der Waals surface area contributed by atoms with E-state index < -0.39 is 0 Å². The molecule has 226 valence electrons. The van der Waals surface area contributed by atoms with E-state index in [1.165, 1.54) is 23.0 Å². The van der Waals surface area contributed by atoms with Gasteiger partial charge in [-0.15, -0.1) is 0 Å². The molecule has 8 nitrogen and oxygen atoms in total. The van der Waals surface area contributed by atoms with Gasteiger partial charge in [0.25, 0.3) is 0 Å². The number of imidazole rings is 2. The fourth-order valence-corrected chi connectivity index (χ4v) is 4.54. The maximum Gasteiger partial charge on any atom is 0.243 e. The van der Waals surface area contributed by atoms with Gasteiger partial charge in [-0.1, -0.05) is 48.5 Å². The van der Waals surface area contributed by atoms with Crippen molar-refractivity contribution in [3.8, 4) is 0 Å². The molecule has 0 radical (unpaired) electrons. The molecule has 0 saturated carbocycles. The fourth-order valence-electron chi connectivity index (χ4n) is 4.54. The smallest absolute Gasteiger partial charge is 0.243 e. The minimum atomic E-state index is 0.625. The van der Waals surface area contributed by atoms with Crippen molar-refractivity contribution in [2.24, 2.45) is 14.1 Å². The van der Waals surface area contributed by atoms with Crippen molar-refractivity contribution in [1.82, 2.24) is 34.3 Å². The number of fused-ring (bicyclic) bond motifs is 2. The molecule has 2 atom stereocenters. The highest BCUT2D eigenvalue weighted by Crippen LogP contribution is 2.14. The molecule has 2 unspecified atom stereocenters. The summed E-state index contributed by atoms with van der Waals surface area (Å²) in [6, 6.07) is 24.9. The van der Waals surface area contributed by atoms with E-state index in [9.17, 15) is 0 Å². The third-order valence-corrected chi connectivity index (χ3v) is 7.44. The average Bonchev–Trinajstić information content (AvgIpc) is 3.69. The lowest BCUT2D eigenvalue weighted by molar-refractivity contribution is -0.671. The first kappa shape index (κ1) is 33.1. The highest BCUT2D eigenvalue weighted by molar-refractivity contribution is 5.78. The van der Waals surface area contributed by atoms with Crippen LogP contribution in [-0.4, -0.2) is 67.2 Å². The molecule has 1 saturated heterocycles. The lowest BCUT2D eigenvalue weighted by Crippen LogP contribution is -2.32. The Balaban J connectivity index is 0.000000149. The topological polar surface area (TPSA) is 69.8 Å². The number of nitrogens with zero attached hydrogens (tertiary/aromatic N) is 7. The van der Waals surface area contributed by atoms with Gasteiger partial charge in [-0.05, 0) is 59.1 Å². The number of nitrogens with one attached hydrogen (secondary N) is 1. The maximum atomic E-state index is 4.18. The van der Waals surface area contributed by atoms with Crippen LogP contribution >= 0.6 is 0 Å². The van der Waals surface area contributed by atoms with Gasteiger partial charge in [0.05, 0.1) is 31.3 Å². The summed E-state index contributed by atoms with van der Waals surface area (Å²) in [5, 5.41) is 2.40. The van der Waals surface area contributed by atoms with Crippen molar-refractivity contribution in [3.63, 3.8) is 0 Å². The first-order valence-corrected chi connectivity index (χ1v) is 14.6. The number of para-hydroxylation sites is 2. The molecule has 8 heteroatoms. The number of rotatable bonds is 0. The minimum absolute atomic E-state index is 0.625. The van der Waals surface area contributed by atoms with Crippen molar-refractivity contribution in [3.05, 3.63) is 122 Å². The highest BCUT2D eigenvalue weighted by atomic mass is 15.4. The third-order valence-electron chi connectivity index (χ3n) is 7.44. The van der Waals surface area contributed by atoms with E-state index in [2.05, 4.69) is 99.6 Å². The van der Waals surface area contributed by atoms with E-state index in [-0.39, 0.29) is 0 Å². The largest absolute Gasteiger partial charge is 0.349 e. The summed E-state index contributed by atoms with van der Waals surface area (Å²) in [6.07, 6.45) is 11.9. The molecule has 5 heterocycles. The van der Waals surface area contributed by atoms with Crippen molar-refractivity contribution in [2.75, 3.05) is 20.6 Å². The monoisotopic (exact) mass is 579 g/mol. The number of aromatic nitrogens is 6. The molecule has 0 aliphatic carbocycles. The van der Waals surface area contributed by atoms with Crippen LogP contribution in [0.1, 0.15) is 25.4 Å². The second kappa shape index (κ2) is 16.9. The molecule has 1 fully saturated rings. The lowest BCUT2D eigenvalue weighted by Gasteiger charge is -2.21. The molecule has 1 aliphatic heterocycles. The number of benzene rings is 2. The number of hydrogen-bond donors (Lipinski definition) is 1. The third kappa shape index (κ3) is 10.7. The van der Waals surface area contributed by atoms with Crippen LogP contribution < -0.4 is 4.57 Å². The SMILES string of the molecule is CC1CN(C)C(C)N1C.Cc1c[n+](C)cn1C.Cc1ncc[nH]1.c1ccc2ncccc2c1.c1ccc2ncccc2c1. The normalized spacial score (nSPS) is 16.1. The Bertz CT molecular complexity index is 1390. The van der Waals surface area contributed by atoms with Gasteiger partial charge in [-0.3, -0.25) is 19.8 Å². The Labute approximate surface area is 256 Å². The quantitative estimate of drug-likeness (QED) is 0.226. The van der Waals surface area contributed by atoms with E-state index in [0.717, 1.165) is 22.9 Å². The van der Waals surface area contributed by atoms with E-state index in [0.29, 0.717) is 6.17 Å². The molecule has 1 N–H and O–H groups in total. The van der Waals surface area contributed by atoms with Crippen LogP contribution in [-0.2, 0) is 14.1 Å². The Morgan fingerprint density at radius 2 is 1.28 bits per heavy atom. The zero-order valence-electron chi connectivity index (χ0n) is 26.9. The Hall–Kier alpha value is -4.40. The Morgan fingerprint density at radius 3 is 1.56 bits per heavy atom. The van der Waals surface area contributed by atoms with Crippen molar-refractivity contribution in [2.45, 2.75) is 39.9 Å². The molecule has 0 amide bonds. The summed E-state index contributed by atoms with van der Waals surface area (Å²) in [4.78, 5) is 19.9. The predicted molar refractivity (Wildman–Crippen MR) is 177 cm³/mol. The first-order chi connectivity index (χ1) is 20.7. The van der Waals surface area contributed by atoms with Crippen LogP contribution in [0.4, 0.5) is 0 Å². The van der Waals surface area contributed by atoms with E-state index in [1.54, 1.807) is 12.4 Å². The second-order valence-electron chi connectivity index (χ2n) is 10.8. The Morgan fingerprint density at radius 1 is 0.744 bits per heavy atom. The summed E-state index contributed by atoms with van der Waals surface area (Å²) >= 11 is 0. The van der Waals surface area contributed by atoms with Crippen LogP contribution in [0.3, 0.4) is 0 Å². The van der Waals surface area contributed by atoms with Gasteiger partial charge in [0.2, 0.25) is 6.33 Å². The molecular weight excluding hydrogens is 532 g/mol. The second-order valence-corrected chi connectivity index (χ2v) is 10.8. The van der Waals surface area contributed by atoms with Crippen LogP contribution in [0.5, 0.6) is 0 Å². The lowest BCUT2D eigenvalue weighted by atomic mass is 10.2. The van der Waals surface area contributed by atoms with Crippen molar-refractivity contribution < 1.29 is 4.57 Å². The number of aryl methyl sites for hydroxylation is 4. The van der Waals surface area contributed by atoms with Gasteiger partial charge in [0, 0.05) is 55.1 Å². The standard InChI is InChI=1S/2C9H7N.C7H16N2.C6H11N2.C4H6N2/c2*1-2-6-9-8(4-1)5-3-7-10-9;1-6-5-8(3)7(2)9(6)4;1-6-4-7(2)5-8(6)3;1-4-5-2-3-6-4/h2*1-7H;6-7H,5H2,1-4H3;4-5H,1-3H3;2-3H,1H3,(H,5,6)/q;;;+1;. The number of pyridine rings is 2. The maximum absolute atomic E-state index is 4.18. The van der Waals surface area contributed by atoms with Gasteiger partial charge in [0.15, 0.2) is 0 Å². The molecular formula is C35H47N8+. The first-order valence-electron chi connectivity index (χ1n) is 14.6. The summed E-state index contributed by atoms with van der Waals surface area (Å²) in [5.41, 5.74) is 3.41. The predicted octanol–water partition coefficient (Wildman–Crippen LogP) is 5.94. The van der Waals surface area contributed by atoms with Gasteiger partial charge in [-0.25, -0.2) is 14.1 Å². The van der Waals surface area contributed by atoms with E-state index >= 15 is 0 Å². The summed E-state index contributed by atoms with van der Waals surface area (Å²) in [7, 11) is 8.41. The van der Waals surface area contributed by atoms with Crippen LogP contribution in [0.2, 0.25) is 0 Å². The van der Waals surface area contributed by atoms with Crippen molar-refractivity contribution in [1.29, 1.82) is 0 Å². The zero-order valence-corrected chi connectivity index (χ0v) is 26.9. The van der Waals surface area contributed by atoms with Gasteiger partial charge < -0.3 is 4.98 Å². The fraction of sp³-hybridized carbons (Fsp3) is 0.314. The molecule has 0 spiro atoms. The summed E-state index contributed by atoms with van der Waals surface area (Å²) in [6.45, 7) is 9.71. The van der Waals surface area contributed by atoms with Crippen LogP contribution in [0.15, 0.2) is 110 Å². The number of hydrogen-bond acceptors (Lipinski definition) is 5. The minimum Gasteiger partial charge on any atom is -0.349 e. The molecule has 6 aromatic rings. The van der Waals surface area contributed by atoms with Gasteiger partial charge in [-0.2, -0.15) is 0 Å².